The lowest BCUT2D eigenvalue weighted by molar-refractivity contribution is 0.199. The van der Waals surface area contributed by atoms with Crippen LogP contribution in [0.2, 0.25) is 0 Å². The number of hydrogen-bond donors (Lipinski definition) is 3. The van der Waals surface area contributed by atoms with Crippen LogP contribution in [0.5, 0.6) is 0 Å². The third kappa shape index (κ3) is 1.89. The number of aliphatic hydroxyl groups is 1. The Morgan fingerprint density at radius 1 is 1.41 bits per heavy atom. The van der Waals surface area contributed by atoms with Crippen molar-refractivity contribution in [1.29, 1.82) is 0 Å². The molecule has 0 saturated carbocycles. The molecule has 0 amide bonds. The van der Waals surface area contributed by atoms with Gasteiger partial charge in [-0.15, -0.1) is 0 Å². The van der Waals surface area contributed by atoms with E-state index in [4.69, 9.17) is 5.11 Å². The van der Waals surface area contributed by atoms with E-state index < -0.39 is 11.2 Å². The van der Waals surface area contributed by atoms with Gasteiger partial charge in [0.2, 0.25) is 0 Å². The molecule has 2 heterocycles. The summed E-state index contributed by atoms with van der Waals surface area (Å²) in [5, 5.41) is 9.11. The molecule has 2 atom stereocenters. The largest absolute Gasteiger partial charge is 0.396 e. The van der Waals surface area contributed by atoms with Gasteiger partial charge < -0.3 is 9.67 Å². The normalized spacial score (nSPS) is 15.0. The third-order valence-electron chi connectivity index (χ3n) is 3.02. The highest BCUT2D eigenvalue weighted by molar-refractivity contribution is 5.68. The smallest absolute Gasteiger partial charge is 0.327 e. The molecule has 0 saturated heterocycles. The van der Waals surface area contributed by atoms with Crippen LogP contribution in [-0.2, 0) is 0 Å². The zero-order valence-electron chi connectivity index (χ0n) is 9.60. The summed E-state index contributed by atoms with van der Waals surface area (Å²) in [5.41, 5.74) is -0.493. The van der Waals surface area contributed by atoms with Crippen molar-refractivity contribution in [3.8, 4) is 0 Å². The Hall–Kier alpha value is -1.89. The fourth-order valence-corrected chi connectivity index (χ4v) is 1.69. The first-order chi connectivity index (χ1) is 8.04. The Morgan fingerprint density at radius 3 is 2.76 bits per heavy atom. The molecule has 17 heavy (non-hydrogen) atoms. The first kappa shape index (κ1) is 11.6. The van der Waals surface area contributed by atoms with Gasteiger partial charge >= 0.3 is 5.69 Å². The second-order valence-electron chi connectivity index (χ2n) is 4.16. The fourth-order valence-electron chi connectivity index (χ4n) is 1.69. The fraction of sp³-hybridized carbons (Fsp3) is 0.500. The summed E-state index contributed by atoms with van der Waals surface area (Å²) in [6.45, 7) is 3.79. The predicted molar refractivity (Wildman–Crippen MR) is 61.9 cm³/mol. The number of H-pyrrole nitrogens is 2. The molecule has 0 aromatic carbocycles. The molecule has 7 nitrogen and oxygen atoms in total. The number of aromatic nitrogens is 4. The number of nitrogens with zero attached hydrogens (tertiary/aromatic N) is 2. The molecule has 0 aliphatic rings. The summed E-state index contributed by atoms with van der Waals surface area (Å²) in [7, 11) is 0. The van der Waals surface area contributed by atoms with Gasteiger partial charge in [0.05, 0.1) is 6.33 Å². The summed E-state index contributed by atoms with van der Waals surface area (Å²) >= 11 is 0. The first-order valence-corrected chi connectivity index (χ1v) is 5.34. The van der Waals surface area contributed by atoms with Gasteiger partial charge in [0.15, 0.2) is 5.52 Å². The Balaban J connectivity index is 2.64. The van der Waals surface area contributed by atoms with Crippen molar-refractivity contribution in [1.82, 2.24) is 19.5 Å². The molecular weight excluding hydrogens is 224 g/mol. The van der Waals surface area contributed by atoms with Gasteiger partial charge in [0.1, 0.15) is 5.65 Å². The van der Waals surface area contributed by atoms with Gasteiger partial charge in [-0.1, -0.05) is 6.92 Å². The Labute approximate surface area is 96.1 Å². The van der Waals surface area contributed by atoms with Gasteiger partial charge in [-0.05, 0) is 12.8 Å². The summed E-state index contributed by atoms with van der Waals surface area (Å²) in [4.78, 5) is 31.3. The number of rotatable bonds is 3. The van der Waals surface area contributed by atoms with Gasteiger partial charge in [-0.25, -0.2) is 9.78 Å². The summed E-state index contributed by atoms with van der Waals surface area (Å²) in [5.74, 6) is -0.00445. The van der Waals surface area contributed by atoms with E-state index >= 15 is 0 Å². The molecule has 7 heteroatoms. The molecule has 3 N–H and O–H groups in total. The molecule has 2 rings (SSSR count). The van der Waals surface area contributed by atoms with Crippen molar-refractivity contribution >= 4 is 11.2 Å². The lowest BCUT2D eigenvalue weighted by Crippen LogP contribution is -2.24. The van der Waals surface area contributed by atoms with Crippen molar-refractivity contribution in [2.75, 3.05) is 6.61 Å². The Morgan fingerprint density at radius 2 is 2.12 bits per heavy atom. The van der Waals surface area contributed by atoms with Crippen LogP contribution in [0.25, 0.3) is 11.2 Å². The van der Waals surface area contributed by atoms with E-state index in [0.29, 0.717) is 5.65 Å². The molecule has 0 aliphatic carbocycles. The topological polar surface area (TPSA) is 104 Å². The quantitative estimate of drug-likeness (QED) is 0.677. The van der Waals surface area contributed by atoms with E-state index in [-0.39, 0.29) is 24.1 Å². The minimum Gasteiger partial charge on any atom is -0.396 e. The highest BCUT2D eigenvalue weighted by Crippen LogP contribution is 2.19. The van der Waals surface area contributed by atoms with E-state index in [0.717, 1.165) is 0 Å². The number of aliphatic hydroxyl groups excluding tert-OH is 1. The van der Waals surface area contributed by atoms with Crippen LogP contribution in [0.15, 0.2) is 15.9 Å². The van der Waals surface area contributed by atoms with E-state index in [1.54, 1.807) is 4.57 Å². The van der Waals surface area contributed by atoms with Crippen molar-refractivity contribution in [2.45, 2.75) is 19.9 Å². The number of hydrogen-bond acceptors (Lipinski definition) is 4. The lowest BCUT2D eigenvalue weighted by Gasteiger charge is -2.19. The maximum absolute atomic E-state index is 11.5. The Bertz CT molecular complexity index is 639. The van der Waals surface area contributed by atoms with E-state index in [2.05, 4.69) is 15.0 Å². The van der Waals surface area contributed by atoms with Crippen LogP contribution in [0.4, 0.5) is 0 Å². The van der Waals surface area contributed by atoms with Gasteiger partial charge in [-0.2, -0.15) is 0 Å². The standard InChI is InChI=1S/C10H14N4O3/c1-5(3-15)6(2)14-4-11-7-8(14)12-10(17)13-9(7)16/h4-6,15H,3H2,1-2H3,(H2,12,13,16,17). The van der Waals surface area contributed by atoms with Gasteiger partial charge in [-0.3, -0.25) is 14.8 Å². The monoisotopic (exact) mass is 238 g/mol. The lowest BCUT2D eigenvalue weighted by atomic mass is 10.1. The van der Waals surface area contributed by atoms with Crippen molar-refractivity contribution in [3.05, 3.63) is 27.2 Å². The molecular formula is C10H14N4O3. The maximum atomic E-state index is 11.5. The van der Waals surface area contributed by atoms with Gasteiger partial charge in [0, 0.05) is 12.6 Å². The number of fused-ring (bicyclic) bond motifs is 1. The second-order valence-corrected chi connectivity index (χ2v) is 4.16. The zero-order chi connectivity index (χ0) is 12.6. The second kappa shape index (κ2) is 4.17. The minimum absolute atomic E-state index is 0.00445. The van der Waals surface area contributed by atoms with Crippen LogP contribution in [0.1, 0.15) is 19.9 Å². The molecule has 2 aromatic heterocycles. The van der Waals surface area contributed by atoms with Crippen LogP contribution in [-0.4, -0.2) is 31.2 Å². The van der Waals surface area contributed by atoms with Crippen LogP contribution >= 0.6 is 0 Å². The number of imidazole rings is 1. The molecule has 2 unspecified atom stereocenters. The summed E-state index contributed by atoms with van der Waals surface area (Å²) < 4.78 is 1.69. The van der Waals surface area contributed by atoms with Gasteiger partial charge in [0.25, 0.3) is 5.56 Å². The minimum atomic E-state index is -0.562. The summed E-state index contributed by atoms with van der Waals surface area (Å²) in [6, 6.07) is -0.0672. The van der Waals surface area contributed by atoms with Crippen molar-refractivity contribution in [3.63, 3.8) is 0 Å². The van der Waals surface area contributed by atoms with Crippen LogP contribution in [0, 0.1) is 5.92 Å². The average Bonchev–Trinajstić information content (AvgIpc) is 2.70. The number of aromatic amines is 2. The first-order valence-electron chi connectivity index (χ1n) is 5.34. The zero-order valence-corrected chi connectivity index (χ0v) is 9.60. The van der Waals surface area contributed by atoms with Crippen LogP contribution in [0.3, 0.4) is 0 Å². The van der Waals surface area contributed by atoms with E-state index in [1.165, 1.54) is 6.33 Å². The van der Waals surface area contributed by atoms with Crippen molar-refractivity contribution < 1.29 is 5.11 Å². The maximum Gasteiger partial charge on any atom is 0.327 e. The third-order valence-corrected chi connectivity index (χ3v) is 3.02. The SMILES string of the molecule is CC(CO)C(C)n1cnc2c(=O)[nH]c(=O)[nH]c21. The summed E-state index contributed by atoms with van der Waals surface area (Å²) in [6.07, 6.45) is 1.49. The van der Waals surface area contributed by atoms with E-state index in [1.807, 2.05) is 13.8 Å². The molecule has 0 fully saturated rings. The number of nitrogens with one attached hydrogen (secondary N) is 2. The molecule has 0 spiro atoms. The molecule has 2 aromatic rings. The highest BCUT2D eigenvalue weighted by Gasteiger charge is 2.17. The molecule has 0 radical (unpaired) electrons. The Kier molecular flexibility index (Phi) is 2.84. The predicted octanol–water partition coefficient (Wildman–Crippen LogP) is -0.398. The van der Waals surface area contributed by atoms with Crippen molar-refractivity contribution in [2.24, 2.45) is 5.92 Å². The average molecular weight is 238 g/mol. The molecule has 0 bridgehead atoms. The molecule has 0 aliphatic heterocycles. The molecule has 92 valence electrons. The highest BCUT2D eigenvalue weighted by atomic mass is 16.3. The van der Waals surface area contributed by atoms with Crippen LogP contribution < -0.4 is 11.2 Å². The van der Waals surface area contributed by atoms with E-state index in [9.17, 15) is 9.59 Å².